The number of ether oxygens (including phenoxy) is 1. The zero-order chi connectivity index (χ0) is 25.1. The Morgan fingerprint density at radius 1 is 1.23 bits per heavy atom. The molecule has 0 aliphatic heterocycles. The zero-order valence-electron chi connectivity index (χ0n) is 20.7. The molecule has 5 nitrogen and oxygen atoms in total. The summed E-state index contributed by atoms with van der Waals surface area (Å²) < 4.78 is 5.96. The van der Waals surface area contributed by atoms with Gasteiger partial charge in [0, 0.05) is 28.3 Å². The fourth-order valence-corrected chi connectivity index (χ4v) is 5.13. The quantitative estimate of drug-likeness (QED) is 0.264. The number of para-hydroxylation sites is 1. The Morgan fingerprint density at radius 2 is 1.97 bits per heavy atom. The number of nitrogens with zero attached hydrogens (tertiary/aromatic N) is 2. The van der Waals surface area contributed by atoms with E-state index in [-0.39, 0.29) is 17.4 Å². The minimum absolute atomic E-state index is 0.00154. The van der Waals surface area contributed by atoms with Gasteiger partial charge < -0.3 is 15.4 Å². The Morgan fingerprint density at radius 3 is 2.60 bits per heavy atom. The lowest BCUT2D eigenvalue weighted by molar-refractivity contribution is -0.385. The molecule has 0 spiro atoms. The number of amides is 1. The van der Waals surface area contributed by atoms with Crippen molar-refractivity contribution in [3.05, 3.63) is 89.1 Å². The molecule has 3 N–H and O–H groups in total. The Hall–Kier alpha value is -2.89. The van der Waals surface area contributed by atoms with Crippen molar-refractivity contribution in [1.29, 1.82) is 0 Å². The van der Waals surface area contributed by atoms with Crippen molar-refractivity contribution in [2.24, 2.45) is 4.99 Å². The molecule has 0 radical (unpaired) electrons. The first-order valence-electron chi connectivity index (χ1n) is 12.4. The van der Waals surface area contributed by atoms with Crippen molar-refractivity contribution in [3.63, 3.8) is 0 Å². The lowest BCUT2D eigenvalue weighted by atomic mass is 9.68. The molecule has 0 bridgehead atoms. The molecule has 2 aromatic rings. The molecule has 6 heteroatoms. The minimum atomic E-state index is -0.00154. The first kappa shape index (κ1) is 26.7. The van der Waals surface area contributed by atoms with E-state index >= 15 is 0 Å². The van der Waals surface area contributed by atoms with E-state index in [1.54, 1.807) is 12.3 Å². The summed E-state index contributed by atoms with van der Waals surface area (Å²) in [6, 6.07) is 18.0. The topological polar surface area (TPSA) is 69.5 Å². The van der Waals surface area contributed by atoms with Crippen LogP contribution in [0.2, 0.25) is 5.02 Å². The Kier molecular flexibility index (Phi) is 10.1. The first-order chi connectivity index (χ1) is 17.0. The monoisotopic (exact) mass is 494 g/mol. The van der Waals surface area contributed by atoms with Crippen LogP contribution in [0.5, 0.6) is 5.75 Å². The molecule has 0 aromatic heterocycles. The van der Waals surface area contributed by atoms with Gasteiger partial charge in [0.15, 0.2) is 0 Å². The summed E-state index contributed by atoms with van der Waals surface area (Å²) >= 11 is 6.30. The van der Waals surface area contributed by atoms with Gasteiger partial charge in [0.1, 0.15) is 12.4 Å². The second-order valence-corrected chi connectivity index (χ2v) is 9.44. The van der Waals surface area contributed by atoms with Gasteiger partial charge in [-0.2, -0.15) is 0 Å². The molecule has 1 amide bonds. The average molecular weight is 495 g/mol. The number of carbonyl (C=O) groups excluding carboxylic acids is 1. The molecule has 1 saturated carbocycles. The molecular weight excluding hydrogens is 458 g/mol. The SMILES string of the molecule is C=NC=CC=C(CC)C(=O)N(CCOc1ccccc1)C1CCC(C[NH3+])(c2cccc(Cl)c2)CC1. The lowest BCUT2D eigenvalue weighted by Crippen LogP contribution is -2.61. The van der Waals surface area contributed by atoms with Crippen LogP contribution in [0, 0.1) is 0 Å². The maximum Gasteiger partial charge on any atom is 0.250 e. The summed E-state index contributed by atoms with van der Waals surface area (Å²) in [4.78, 5) is 19.4. The number of hydrogen-bond acceptors (Lipinski definition) is 3. The molecule has 1 aliphatic rings. The summed E-state index contributed by atoms with van der Waals surface area (Å²) in [5, 5.41) is 0.757. The van der Waals surface area contributed by atoms with Gasteiger partial charge in [0.05, 0.1) is 13.1 Å². The highest BCUT2D eigenvalue weighted by Crippen LogP contribution is 2.40. The number of allylic oxidation sites excluding steroid dienone is 2. The summed E-state index contributed by atoms with van der Waals surface area (Å²) in [5.74, 6) is 0.875. The van der Waals surface area contributed by atoms with Crippen molar-refractivity contribution in [2.45, 2.75) is 50.5 Å². The number of rotatable bonds is 11. The van der Waals surface area contributed by atoms with Crippen LogP contribution in [0.25, 0.3) is 0 Å². The van der Waals surface area contributed by atoms with Gasteiger partial charge in [-0.3, -0.25) is 9.79 Å². The summed E-state index contributed by atoms with van der Waals surface area (Å²) in [6.07, 6.45) is 9.63. The van der Waals surface area contributed by atoms with Gasteiger partial charge in [-0.25, -0.2) is 0 Å². The number of aliphatic imine (C=N–C) groups is 1. The minimum Gasteiger partial charge on any atom is -0.492 e. The van der Waals surface area contributed by atoms with Gasteiger partial charge in [-0.1, -0.05) is 54.9 Å². The van der Waals surface area contributed by atoms with Crippen molar-refractivity contribution in [1.82, 2.24) is 4.90 Å². The third kappa shape index (κ3) is 7.06. The second kappa shape index (κ2) is 13.3. The Balaban J connectivity index is 1.77. The van der Waals surface area contributed by atoms with Crippen molar-refractivity contribution in [3.8, 4) is 5.75 Å². The molecule has 35 heavy (non-hydrogen) atoms. The Labute approximate surface area is 214 Å². The van der Waals surface area contributed by atoms with Crippen LogP contribution in [0.15, 0.2) is 83.5 Å². The summed E-state index contributed by atoms with van der Waals surface area (Å²) in [6.45, 7) is 7.26. The molecule has 1 fully saturated rings. The molecule has 0 atom stereocenters. The maximum absolute atomic E-state index is 13.6. The van der Waals surface area contributed by atoms with Crippen LogP contribution < -0.4 is 10.5 Å². The molecule has 186 valence electrons. The predicted octanol–water partition coefficient (Wildman–Crippen LogP) is 5.22. The third-order valence-corrected chi connectivity index (χ3v) is 7.25. The maximum atomic E-state index is 13.6. The number of carbonyl (C=O) groups is 1. The number of quaternary nitrogens is 1. The molecular formula is C29H37ClN3O2+. The van der Waals surface area contributed by atoms with E-state index in [2.05, 4.69) is 29.6 Å². The van der Waals surface area contributed by atoms with Crippen LogP contribution in [0.4, 0.5) is 0 Å². The lowest BCUT2D eigenvalue weighted by Gasteiger charge is -2.42. The third-order valence-electron chi connectivity index (χ3n) is 7.02. The van der Waals surface area contributed by atoms with Crippen LogP contribution in [0.3, 0.4) is 0 Å². The van der Waals surface area contributed by atoms with Crippen LogP contribution in [0.1, 0.15) is 44.6 Å². The standard InChI is InChI=1S/C29H36ClN3O2/c1-3-23(9-8-18-32-2)28(34)33(19-20-35-27-12-5-4-6-13-27)26-14-16-29(22-31,17-15-26)24-10-7-11-25(30)21-24/h4-13,18,21,26H,2-3,14-17,19-20,22,31H2,1H3/p+1. The smallest absolute Gasteiger partial charge is 0.250 e. The summed E-state index contributed by atoms with van der Waals surface area (Å²) in [7, 11) is 0. The van der Waals surface area contributed by atoms with Gasteiger partial charge >= 0.3 is 0 Å². The normalized spacial score (nSPS) is 20.5. The average Bonchev–Trinajstić information content (AvgIpc) is 2.90. The summed E-state index contributed by atoms with van der Waals surface area (Å²) in [5.41, 5.74) is 6.29. The van der Waals surface area contributed by atoms with E-state index in [0.29, 0.717) is 19.6 Å². The molecule has 2 aromatic carbocycles. The van der Waals surface area contributed by atoms with Crippen molar-refractivity contribution in [2.75, 3.05) is 19.7 Å². The number of hydrogen-bond donors (Lipinski definition) is 1. The fraction of sp³-hybridized carbons (Fsp3) is 0.379. The van der Waals surface area contributed by atoms with Gasteiger partial charge in [-0.05, 0) is 74.7 Å². The molecule has 0 heterocycles. The van der Waals surface area contributed by atoms with Crippen molar-refractivity contribution < 1.29 is 15.3 Å². The van der Waals surface area contributed by atoms with E-state index in [4.69, 9.17) is 16.3 Å². The highest BCUT2D eigenvalue weighted by Gasteiger charge is 2.40. The zero-order valence-corrected chi connectivity index (χ0v) is 21.4. The van der Waals surface area contributed by atoms with Gasteiger partial charge in [0.2, 0.25) is 5.91 Å². The van der Waals surface area contributed by atoms with E-state index in [9.17, 15) is 4.79 Å². The molecule has 0 unspecified atom stereocenters. The van der Waals surface area contributed by atoms with Crippen LogP contribution in [-0.2, 0) is 10.2 Å². The number of benzene rings is 2. The second-order valence-electron chi connectivity index (χ2n) is 9.00. The fourth-order valence-electron chi connectivity index (χ4n) is 4.94. The van der Waals surface area contributed by atoms with Gasteiger partial charge in [0.25, 0.3) is 0 Å². The molecule has 3 rings (SSSR count). The van der Waals surface area contributed by atoms with Crippen molar-refractivity contribution >= 4 is 24.2 Å². The largest absolute Gasteiger partial charge is 0.492 e. The predicted molar refractivity (Wildman–Crippen MR) is 144 cm³/mol. The first-order valence-corrected chi connectivity index (χ1v) is 12.8. The van der Waals surface area contributed by atoms with Crippen LogP contribution in [-0.4, -0.2) is 43.3 Å². The molecule has 1 aliphatic carbocycles. The molecule has 0 saturated heterocycles. The van der Waals surface area contributed by atoms with E-state index in [1.165, 1.54) is 5.56 Å². The van der Waals surface area contributed by atoms with E-state index in [0.717, 1.165) is 48.6 Å². The van der Waals surface area contributed by atoms with Gasteiger partial charge in [-0.15, -0.1) is 0 Å². The highest BCUT2D eigenvalue weighted by atomic mass is 35.5. The van der Waals surface area contributed by atoms with Crippen LogP contribution >= 0.6 is 11.6 Å². The van der Waals surface area contributed by atoms with E-state index < -0.39 is 0 Å². The highest BCUT2D eigenvalue weighted by molar-refractivity contribution is 6.30. The van der Waals surface area contributed by atoms with E-state index in [1.807, 2.05) is 60.4 Å². The number of halogens is 1. The Bertz CT molecular complexity index is 1030.